The largest absolute Gasteiger partial charge is 0.477 e. The van der Waals surface area contributed by atoms with Gasteiger partial charge in [0.25, 0.3) is 5.91 Å². The van der Waals surface area contributed by atoms with E-state index in [1.165, 1.54) is 4.31 Å². The number of nitriles is 1. The smallest absolute Gasteiger partial charge is 0.416 e. The van der Waals surface area contributed by atoms with Crippen molar-refractivity contribution in [1.82, 2.24) is 24.4 Å². The first-order valence-corrected chi connectivity index (χ1v) is 19.9. The molecule has 18 heteroatoms. The van der Waals surface area contributed by atoms with E-state index in [0.29, 0.717) is 43.1 Å². The Morgan fingerprint density at radius 2 is 1.80 bits per heavy atom. The van der Waals surface area contributed by atoms with Crippen molar-refractivity contribution in [1.29, 1.82) is 5.26 Å². The Bertz CT molecular complexity index is 1920. The van der Waals surface area contributed by atoms with Crippen LogP contribution in [0.1, 0.15) is 61.3 Å². The van der Waals surface area contributed by atoms with Crippen LogP contribution in [0.25, 0.3) is 0 Å². The van der Waals surface area contributed by atoms with Gasteiger partial charge in [-0.2, -0.15) is 27.8 Å². The molecule has 1 aliphatic carbocycles. The van der Waals surface area contributed by atoms with E-state index >= 15 is 0 Å². The highest BCUT2D eigenvalue weighted by Crippen LogP contribution is 2.36. The molecule has 2 saturated heterocycles. The maximum absolute atomic E-state index is 13.6. The molecule has 1 amide bonds. The van der Waals surface area contributed by atoms with Crippen molar-refractivity contribution in [3.63, 3.8) is 0 Å². The number of hydrogen-bond donors (Lipinski definition) is 1. The first-order chi connectivity index (χ1) is 25.8. The Balaban J connectivity index is 0.914. The average molecular weight is 791 g/mol. The van der Waals surface area contributed by atoms with Crippen molar-refractivity contribution >= 4 is 39.2 Å². The van der Waals surface area contributed by atoms with Crippen LogP contribution in [0.4, 0.5) is 24.8 Å². The zero-order valence-electron chi connectivity index (χ0n) is 29.6. The fourth-order valence-corrected chi connectivity index (χ4v) is 8.58. The Morgan fingerprint density at radius 3 is 2.48 bits per heavy atom. The van der Waals surface area contributed by atoms with E-state index in [0.717, 1.165) is 62.8 Å². The van der Waals surface area contributed by atoms with E-state index in [9.17, 15) is 31.6 Å². The molecule has 0 spiro atoms. The highest BCUT2D eigenvalue weighted by molar-refractivity contribution is 7.89. The molecule has 1 aromatic carbocycles. The molecule has 54 heavy (non-hydrogen) atoms. The number of piperazine rings is 1. The van der Waals surface area contributed by atoms with Crippen LogP contribution in [0.15, 0.2) is 48.7 Å². The van der Waals surface area contributed by atoms with Gasteiger partial charge in [-0.3, -0.25) is 4.79 Å². The molecule has 13 nitrogen and oxygen atoms in total. The summed E-state index contributed by atoms with van der Waals surface area (Å²) in [5.74, 6) is 0.559. The second kappa shape index (κ2) is 17.2. The SMILES string of the molecule is N#Cc1ccc(OC2(C(=O)Nc3ccc(C4CCN(CCOCCS(=O)(=O)N5CCN(c6cc(C(F)(F)F)ccn6)CC5)C4)nn3)CCCCC2)cc1Cl. The zero-order valence-corrected chi connectivity index (χ0v) is 31.2. The van der Waals surface area contributed by atoms with Gasteiger partial charge in [-0.25, -0.2) is 13.4 Å². The Labute approximate surface area is 317 Å². The highest BCUT2D eigenvalue weighted by Gasteiger charge is 2.42. The van der Waals surface area contributed by atoms with Crippen LogP contribution in [0, 0.1) is 11.3 Å². The fraction of sp³-hybridized carbons (Fsp3) is 0.528. The maximum Gasteiger partial charge on any atom is 0.416 e. The number of pyridine rings is 1. The molecule has 1 saturated carbocycles. The Hall–Kier alpha value is -4.08. The van der Waals surface area contributed by atoms with Crippen molar-refractivity contribution in [2.24, 2.45) is 0 Å². The molecule has 6 rings (SSSR count). The number of halogens is 4. The topological polar surface area (TPSA) is 154 Å². The van der Waals surface area contributed by atoms with Crippen LogP contribution in [0.3, 0.4) is 0 Å². The van der Waals surface area contributed by atoms with Crippen LogP contribution in [-0.2, 0) is 25.7 Å². The number of ether oxygens (including phenoxy) is 2. The summed E-state index contributed by atoms with van der Waals surface area (Å²) in [5.41, 5.74) is -0.754. The minimum atomic E-state index is -4.48. The number of rotatable bonds is 13. The Morgan fingerprint density at radius 1 is 1.02 bits per heavy atom. The highest BCUT2D eigenvalue weighted by atomic mass is 35.5. The summed E-state index contributed by atoms with van der Waals surface area (Å²) in [5, 5.41) is 21.0. The van der Waals surface area contributed by atoms with E-state index in [2.05, 4.69) is 25.4 Å². The van der Waals surface area contributed by atoms with Gasteiger partial charge in [-0.1, -0.05) is 18.0 Å². The predicted octanol–water partition coefficient (Wildman–Crippen LogP) is 5.09. The average Bonchev–Trinajstić information content (AvgIpc) is 3.64. The minimum Gasteiger partial charge on any atom is -0.477 e. The summed E-state index contributed by atoms with van der Waals surface area (Å²) in [6.45, 7) is 3.32. The summed E-state index contributed by atoms with van der Waals surface area (Å²) < 4.78 is 78.4. The molecule has 1 unspecified atom stereocenters. The molecule has 0 bridgehead atoms. The van der Waals surface area contributed by atoms with Gasteiger partial charge in [0.05, 0.1) is 40.8 Å². The van der Waals surface area contributed by atoms with Gasteiger partial charge in [0, 0.05) is 57.4 Å². The number of likely N-dealkylation sites (tertiary alicyclic amines) is 1. The molecular formula is C36H42ClF3N8O5S. The lowest BCUT2D eigenvalue weighted by atomic mass is 9.83. The monoisotopic (exact) mass is 790 g/mol. The number of aromatic nitrogens is 3. The lowest BCUT2D eigenvalue weighted by Crippen LogP contribution is -2.50. The number of alkyl halides is 3. The molecular weight excluding hydrogens is 749 g/mol. The van der Waals surface area contributed by atoms with Crippen LogP contribution in [-0.4, -0.2) is 109 Å². The zero-order chi connectivity index (χ0) is 38.3. The second-order valence-electron chi connectivity index (χ2n) is 13.7. The van der Waals surface area contributed by atoms with Gasteiger partial charge in [0.15, 0.2) is 11.4 Å². The number of amides is 1. The van der Waals surface area contributed by atoms with Crippen LogP contribution in [0.2, 0.25) is 5.02 Å². The fourth-order valence-electron chi connectivity index (χ4n) is 7.06. The standard InChI is InChI=1S/C36H42ClF3N8O5S/c37-30-23-29(5-4-26(30)24-41)53-35(10-2-1-3-11-35)34(49)43-32-7-6-31(44-45-32)27-9-13-46(25-27)18-19-52-20-21-54(50,51)48-16-14-47(15-17-48)33-22-28(8-12-42-33)36(38,39)40/h4-8,12,22-23,27H,1-3,9-11,13-21,25H2,(H,43,45,49). The van der Waals surface area contributed by atoms with Crippen LogP contribution in [0.5, 0.6) is 5.75 Å². The van der Waals surface area contributed by atoms with Crippen molar-refractivity contribution < 1.29 is 35.9 Å². The number of hydrogen-bond acceptors (Lipinski definition) is 11. The van der Waals surface area contributed by atoms with Gasteiger partial charge in [0.1, 0.15) is 17.6 Å². The molecule has 1 atom stereocenters. The van der Waals surface area contributed by atoms with E-state index in [1.807, 2.05) is 12.1 Å². The summed E-state index contributed by atoms with van der Waals surface area (Å²) in [7, 11) is -3.60. The van der Waals surface area contributed by atoms with E-state index in [4.69, 9.17) is 21.1 Å². The molecule has 2 aromatic heterocycles. The summed E-state index contributed by atoms with van der Waals surface area (Å²) in [6, 6.07) is 12.3. The van der Waals surface area contributed by atoms with Gasteiger partial charge in [-0.05, 0) is 75.0 Å². The van der Waals surface area contributed by atoms with Gasteiger partial charge < -0.3 is 24.6 Å². The number of nitrogens with zero attached hydrogens (tertiary/aromatic N) is 7. The quantitative estimate of drug-likeness (QED) is 0.230. The number of benzene rings is 1. The number of nitrogens with one attached hydrogen (secondary N) is 1. The van der Waals surface area contributed by atoms with Crippen molar-refractivity contribution in [2.75, 3.05) is 75.0 Å². The van der Waals surface area contributed by atoms with Crippen molar-refractivity contribution in [3.8, 4) is 11.8 Å². The molecule has 290 valence electrons. The van der Waals surface area contributed by atoms with Crippen LogP contribution >= 0.6 is 11.6 Å². The number of carbonyl (C=O) groups is 1. The number of anilines is 2. The Kier molecular flexibility index (Phi) is 12.6. The molecule has 2 aliphatic heterocycles. The van der Waals surface area contributed by atoms with Crippen molar-refractivity contribution in [2.45, 2.75) is 56.2 Å². The molecule has 3 fully saturated rings. The third-order valence-corrected chi connectivity index (χ3v) is 12.3. The summed E-state index contributed by atoms with van der Waals surface area (Å²) in [4.78, 5) is 21.5. The molecule has 3 aliphatic rings. The number of carbonyl (C=O) groups excluding carboxylic acids is 1. The van der Waals surface area contributed by atoms with E-state index in [-0.39, 0.29) is 61.2 Å². The minimum absolute atomic E-state index is 0.0290. The van der Waals surface area contributed by atoms with E-state index < -0.39 is 27.4 Å². The summed E-state index contributed by atoms with van der Waals surface area (Å²) in [6.07, 6.45) is 1.22. The lowest BCUT2D eigenvalue weighted by molar-refractivity contribution is -0.137. The lowest BCUT2D eigenvalue weighted by Gasteiger charge is -2.36. The molecule has 4 heterocycles. The normalized spacial score (nSPS) is 19.7. The van der Waals surface area contributed by atoms with Crippen molar-refractivity contribution in [3.05, 3.63) is 70.5 Å². The molecule has 1 N–H and O–H groups in total. The predicted molar refractivity (Wildman–Crippen MR) is 195 cm³/mol. The van der Waals surface area contributed by atoms with E-state index in [1.54, 1.807) is 29.2 Å². The van der Waals surface area contributed by atoms with Crippen LogP contribution < -0.4 is 15.0 Å². The van der Waals surface area contributed by atoms with Gasteiger partial charge >= 0.3 is 6.18 Å². The third-order valence-electron chi connectivity index (χ3n) is 10.1. The third kappa shape index (κ3) is 9.77. The van der Waals surface area contributed by atoms with Gasteiger partial charge in [0.2, 0.25) is 10.0 Å². The number of sulfonamides is 1. The maximum atomic E-state index is 13.6. The second-order valence-corrected chi connectivity index (χ2v) is 16.2. The van der Waals surface area contributed by atoms with Gasteiger partial charge in [-0.15, -0.1) is 5.10 Å². The first kappa shape index (κ1) is 39.6. The first-order valence-electron chi connectivity index (χ1n) is 18.0. The molecule has 0 radical (unpaired) electrons. The molecule has 3 aromatic rings. The summed E-state index contributed by atoms with van der Waals surface area (Å²) >= 11 is 6.21.